The SMILES string of the molecule is Cc1ccc(OCC(=O)NS(=O)(=O)c2cnccn2)c2c1C(C)CC2=O. The van der Waals surface area contributed by atoms with Crippen molar-refractivity contribution >= 4 is 21.7 Å². The quantitative estimate of drug-likeness (QED) is 0.839. The summed E-state index contributed by atoms with van der Waals surface area (Å²) in [6, 6.07) is 3.44. The van der Waals surface area contributed by atoms with Gasteiger partial charge in [0.2, 0.25) is 0 Å². The van der Waals surface area contributed by atoms with Crippen LogP contribution >= 0.6 is 0 Å². The number of ketones is 1. The van der Waals surface area contributed by atoms with E-state index in [1.807, 2.05) is 24.6 Å². The van der Waals surface area contributed by atoms with Crippen LogP contribution in [0.25, 0.3) is 0 Å². The van der Waals surface area contributed by atoms with E-state index in [2.05, 4.69) is 9.97 Å². The molecule has 0 radical (unpaired) electrons. The third-order valence-electron chi connectivity index (χ3n) is 4.11. The van der Waals surface area contributed by atoms with Crippen molar-refractivity contribution in [3.05, 3.63) is 47.4 Å². The number of nitrogens with one attached hydrogen (secondary N) is 1. The van der Waals surface area contributed by atoms with Crippen molar-refractivity contribution in [2.24, 2.45) is 0 Å². The third-order valence-corrected chi connectivity index (χ3v) is 5.37. The van der Waals surface area contributed by atoms with Gasteiger partial charge in [-0.2, -0.15) is 8.42 Å². The fraction of sp³-hybridized carbons (Fsp3) is 0.294. The molecule has 1 aromatic heterocycles. The lowest BCUT2D eigenvalue weighted by Crippen LogP contribution is -2.35. The van der Waals surface area contributed by atoms with E-state index in [0.717, 1.165) is 17.3 Å². The topological polar surface area (TPSA) is 115 Å². The van der Waals surface area contributed by atoms with Gasteiger partial charge < -0.3 is 4.74 Å². The monoisotopic (exact) mass is 375 g/mol. The van der Waals surface area contributed by atoms with Crippen LogP contribution in [0, 0.1) is 6.92 Å². The molecule has 26 heavy (non-hydrogen) atoms. The number of amides is 1. The number of rotatable bonds is 5. The molecule has 0 saturated heterocycles. The molecule has 1 N–H and O–H groups in total. The summed E-state index contributed by atoms with van der Waals surface area (Å²) in [5.41, 5.74) is 2.38. The summed E-state index contributed by atoms with van der Waals surface area (Å²) < 4.78 is 31.4. The Balaban J connectivity index is 1.73. The van der Waals surface area contributed by atoms with Gasteiger partial charge in [-0.05, 0) is 30.0 Å². The Kier molecular flexibility index (Phi) is 4.73. The van der Waals surface area contributed by atoms with E-state index >= 15 is 0 Å². The van der Waals surface area contributed by atoms with E-state index < -0.39 is 22.5 Å². The Morgan fingerprint density at radius 2 is 2.12 bits per heavy atom. The Labute approximate surface area is 150 Å². The number of ether oxygens (including phenoxy) is 1. The van der Waals surface area contributed by atoms with Gasteiger partial charge in [-0.1, -0.05) is 13.0 Å². The number of carbonyl (C=O) groups is 2. The highest BCUT2D eigenvalue weighted by Crippen LogP contribution is 2.40. The molecule has 1 atom stereocenters. The minimum absolute atomic E-state index is 0.0428. The molecule has 0 fully saturated rings. The average Bonchev–Trinajstić information content (AvgIpc) is 2.90. The molecule has 0 aliphatic heterocycles. The van der Waals surface area contributed by atoms with Crippen LogP contribution in [0.4, 0.5) is 0 Å². The van der Waals surface area contributed by atoms with Crippen molar-refractivity contribution in [3.63, 3.8) is 0 Å². The van der Waals surface area contributed by atoms with Crippen LogP contribution in [0.3, 0.4) is 0 Å². The zero-order valence-electron chi connectivity index (χ0n) is 14.2. The number of Topliss-reactive ketones (excluding diaryl/α,β-unsaturated/α-hetero) is 1. The van der Waals surface area contributed by atoms with E-state index in [-0.39, 0.29) is 22.5 Å². The molecule has 1 amide bonds. The lowest BCUT2D eigenvalue weighted by molar-refractivity contribution is -0.121. The summed E-state index contributed by atoms with van der Waals surface area (Å²) in [7, 11) is -4.12. The molecule has 1 heterocycles. The van der Waals surface area contributed by atoms with Crippen molar-refractivity contribution in [2.75, 3.05) is 6.61 Å². The fourth-order valence-electron chi connectivity index (χ4n) is 3.03. The van der Waals surface area contributed by atoms with Crippen molar-refractivity contribution < 1.29 is 22.7 Å². The van der Waals surface area contributed by atoms with Crippen LogP contribution in [-0.4, -0.2) is 36.7 Å². The van der Waals surface area contributed by atoms with Crippen molar-refractivity contribution in [2.45, 2.75) is 31.2 Å². The molecule has 1 aliphatic carbocycles. The zero-order chi connectivity index (χ0) is 18.9. The van der Waals surface area contributed by atoms with Gasteiger partial charge in [-0.25, -0.2) is 9.71 Å². The second-order valence-corrected chi connectivity index (χ2v) is 7.69. The maximum Gasteiger partial charge on any atom is 0.283 e. The van der Waals surface area contributed by atoms with Gasteiger partial charge in [0.05, 0.1) is 11.8 Å². The molecule has 0 saturated carbocycles. The molecule has 1 aromatic carbocycles. The second-order valence-electron chi connectivity index (χ2n) is 6.06. The molecule has 0 bridgehead atoms. The summed E-state index contributed by atoms with van der Waals surface area (Å²) in [5, 5.41) is -0.367. The Bertz CT molecular complexity index is 973. The molecule has 1 unspecified atom stereocenters. The normalized spacial score (nSPS) is 16.2. The van der Waals surface area contributed by atoms with Crippen molar-refractivity contribution in [1.82, 2.24) is 14.7 Å². The first-order valence-corrected chi connectivity index (χ1v) is 9.39. The fourth-order valence-corrected chi connectivity index (χ4v) is 3.89. The molecule has 0 spiro atoms. The van der Waals surface area contributed by atoms with Gasteiger partial charge in [0.15, 0.2) is 17.4 Å². The number of hydrogen-bond donors (Lipinski definition) is 1. The number of hydrogen-bond acceptors (Lipinski definition) is 7. The van der Waals surface area contributed by atoms with E-state index in [1.165, 1.54) is 12.4 Å². The van der Waals surface area contributed by atoms with Gasteiger partial charge in [0, 0.05) is 18.8 Å². The average molecular weight is 375 g/mol. The van der Waals surface area contributed by atoms with Gasteiger partial charge in [0.25, 0.3) is 15.9 Å². The van der Waals surface area contributed by atoms with Gasteiger partial charge in [-0.3, -0.25) is 14.6 Å². The number of nitrogens with zero attached hydrogens (tertiary/aromatic N) is 2. The summed E-state index contributed by atoms with van der Waals surface area (Å²) >= 11 is 0. The lowest BCUT2D eigenvalue weighted by atomic mass is 9.97. The predicted molar refractivity (Wildman–Crippen MR) is 91.4 cm³/mol. The number of carbonyl (C=O) groups excluding carboxylic acids is 2. The van der Waals surface area contributed by atoms with Crippen LogP contribution in [0.5, 0.6) is 5.75 Å². The summed E-state index contributed by atoms with van der Waals surface area (Å²) in [6.45, 7) is 3.33. The minimum atomic E-state index is -4.12. The van der Waals surface area contributed by atoms with Gasteiger partial charge in [0.1, 0.15) is 5.75 Å². The van der Waals surface area contributed by atoms with Crippen LogP contribution < -0.4 is 9.46 Å². The van der Waals surface area contributed by atoms with E-state index in [0.29, 0.717) is 12.0 Å². The van der Waals surface area contributed by atoms with Crippen LogP contribution in [0.15, 0.2) is 35.7 Å². The highest BCUT2D eigenvalue weighted by atomic mass is 32.2. The summed E-state index contributed by atoms with van der Waals surface area (Å²) in [4.78, 5) is 31.5. The number of aromatic nitrogens is 2. The number of fused-ring (bicyclic) bond motifs is 1. The van der Waals surface area contributed by atoms with Crippen LogP contribution in [0.1, 0.15) is 40.7 Å². The van der Waals surface area contributed by atoms with Gasteiger partial charge >= 0.3 is 0 Å². The Morgan fingerprint density at radius 1 is 1.35 bits per heavy atom. The Morgan fingerprint density at radius 3 is 2.81 bits per heavy atom. The summed E-state index contributed by atoms with van der Waals surface area (Å²) in [6.07, 6.45) is 3.95. The summed E-state index contributed by atoms with van der Waals surface area (Å²) in [5.74, 6) is -0.541. The first kappa shape index (κ1) is 18.0. The number of sulfonamides is 1. The first-order chi connectivity index (χ1) is 12.3. The molecule has 136 valence electrons. The zero-order valence-corrected chi connectivity index (χ0v) is 15.0. The first-order valence-electron chi connectivity index (χ1n) is 7.90. The van der Waals surface area contributed by atoms with Crippen LogP contribution in [0.2, 0.25) is 0 Å². The predicted octanol–water partition coefficient (Wildman–Crippen LogP) is 1.36. The maximum absolute atomic E-state index is 12.2. The van der Waals surface area contributed by atoms with Crippen molar-refractivity contribution in [1.29, 1.82) is 0 Å². The molecule has 1 aliphatic rings. The maximum atomic E-state index is 12.2. The number of benzene rings is 1. The van der Waals surface area contributed by atoms with E-state index in [4.69, 9.17) is 4.74 Å². The van der Waals surface area contributed by atoms with Gasteiger partial charge in [-0.15, -0.1) is 0 Å². The number of aryl methyl sites for hydroxylation is 1. The van der Waals surface area contributed by atoms with Crippen LogP contribution in [-0.2, 0) is 14.8 Å². The molecule has 3 rings (SSSR count). The highest BCUT2D eigenvalue weighted by Gasteiger charge is 2.31. The minimum Gasteiger partial charge on any atom is -0.483 e. The van der Waals surface area contributed by atoms with E-state index in [9.17, 15) is 18.0 Å². The molecular weight excluding hydrogens is 358 g/mol. The highest BCUT2D eigenvalue weighted by molar-refractivity contribution is 7.90. The van der Waals surface area contributed by atoms with Crippen molar-refractivity contribution in [3.8, 4) is 5.75 Å². The molecular formula is C17H17N3O5S. The lowest BCUT2D eigenvalue weighted by Gasteiger charge is -2.13. The van der Waals surface area contributed by atoms with E-state index in [1.54, 1.807) is 6.07 Å². The molecule has 2 aromatic rings. The molecule has 9 heteroatoms. The Hall–Kier alpha value is -2.81. The smallest absolute Gasteiger partial charge is 0.283 e. The second kappa shape index (κ2) is 6.83. The third kappa shape index (κ3) is 3.43. The standard InChI is InChI=1S/C17H17N3O5S/c1-10-3-4-13(17-12(21)7-11(2)16(10)17)25-9-14(22)20-26(23,24)15-8-18-5-6-19-15/h3-6,8,11H,7,9H2,1-2H3,(H,20,22). The molecule has 8 nitrogen and oxygen atoms in total. The largest absolute Gasteiger partial charge is 0.483 e.